The summed E-state index contributed by atoms with van der Waals surface area (Å²) in [4.78, 5) is 0. The first-order chi connectivity index (χ1) is 10.2. The third-order valence-corrected chi connectivity index (χ3v) is 3.72. The van der Waals surface area contributed by atoms with Crippen molar-refractivity contribution in [3.05, 3.63) is 0 Å². The lowest BCUT2D eigenvalue weighted by Crippen LogP contribution is -2.14. The van der Waals surface area contributed by atoms with Crippen molar-refractivity contribution < 1.29 is 0 Å². The Balaban J connectivity index is -0.0000000580. The van der Waals surface area contributed by atoms with Gasteiger partial charge in [-0.15, -0.1) is 11.6 Å². The number of hydrogen-bond donors (Lipinski definition) is 4. The molecule has 11 heteroatoms. The van der Waals surface area contributed by atoms with Gasteiger partial charge in [0.25, 0.3) is 0 Å². The molecule has 3 nitrogen and oxygen atoms in total. The van der Waals surface area contributed by atoms with Crippen LogP contribution in [0, 0.1) is 0 Å². The van der Waals surface area contributed by atoms with Gasteiger partial charge in [-0.3, -0.25) is 0 Å². The molecule has 0 aliphatic rings. The van der Waals surface area contributed by atoms with Gasteiger partial charge in [0.1, 0.15) is 0 Å². The predicted octanol–water partition coefficient (Wildman–Crippen LogP) is 3.24. The van der Waals surface area contributed by atoms with Gasteiger partial charge in [0.05, 0.1) is 0 Å². The smallest absolute Gasteiger partial charge is 0.0195 e. The zero-order chi connectivity index (χ0) is 17.8. The summed E-state index contributed by atoms with van der Waals surface area (Å²) in [7, 11) is 8.69. The quantitative estimate of drug-likeness (QED) is 0.149. The maximum Gasteiger partial charge on any atom is 0.0195 e. The summed E-state index contributed by atoms with van der Waals surface area (Å²) in [5.74, 6) is 3.73. The van der Waals surface area contributed by atoms with Crippen LogP contribution in [0.5, 0.6) is 0 Å². The first-order valence-corrected chi connectivity index (χ1v) is 13.1. The van der Waals surface area contributed by atoms with E-state index in [1.807, 2.05) is 6.92 Å². The molecule has 0 aromatic carbocycles. The van der Waals surface area contributed by atoms with Crippen LogP contribution in [-0.2, 0) is 23.6 Å². The third-order valence-electron chi connectivity index (χ3n) is 1.02. The second-order valence-corrected chi connectivity index (χ2v) is 6.25. The van der Waals surface area contributed by atoms with E-state index in [1.165, 1.54) is 0 Å². The topological polar surface area (TPSA) is 64.1 Å². The van der Waals surface area contributed by atoms with Gasteiger partial charge in [-0.2, -0.15) is 12.6 Å². The molecule has 0 saturated carbocycles. The molecular formula is C10H30ClN3P2S5. The molecule has 0 unspecified atom stereocenters. The number of nitrogens with two attached hydrogens (primary N) is 2. The number of rotatable bonds is 8. The Labute approximate surface area is 164 Å². The maximum atomic E-state index is 5.25. The van der Waals surface area contributed by atoms with E-state index < -0.39 is 0 Å². The van der Waals surface area contributed by atoms with Gasteiger partial charge in [-0.25, -0.2) is 0 Å². The standard InChI is InChI=1S/C4H12N2S2.C4H11NS.C2H5Cl.2HPS/c5-1-3-7-8-4-2-6;1-2-5-3-4-6;1-2-3;2*1-2/h1-6H2;5-6H,2-4H2,1H3;2H2,1H3;2*1H. The molecule has 0 saturated heterocycles. The highest BCUT2D eigenvalue weighted by Gasteiger charge is 1.84. The lowest BCUT2D eigenvalue weighted by molar-refractivity contribution is 0.769. The van der Waals surface area contributed by atoms with Crippen molar-refractivity contribution >= 4 is 85.5 Å². The van der Waals surface area contributed by atoms with E-state index in [1.54, 1.807) is 21.6 Å². The minimum atomic E-state index is 0.722. The van der Waals surface area contributed by atoms with Gasteiger partial charge in [-0.05, 0) is 22.6 Å². The van der Waals surface area contributed by atoms with Crippen LogP contribution < -0.4 is 16.8 Å². The molecule has 0 bridgehead atoms. The molecule has 0 rings (SSSR count). The molecule has 0 heterocycles. The van der Waals surface area contributed by atoms with Crippen molar-refractivity contribution in [2.75, 3.05) is 49.3 Å². The number of nitrogens with one attached hydrogen (secondary N) is 1. The van der Waals surface area contributed by atoms with Gasteiger partial charge in [0.15, 0.2) is 0 Å². The van der Waals surface area contributed by atoms with Gasteiger partial charge >= 0.3 is 0 Å². The van der Waals surface area contributed by atoms with E-state index in [0.717, 1.165) is 49.3 Å². The molecule has 0 amide bonds. The molecule has 0 aromatic heterocycles. The highest BCUT2D eigenvalue weighted by atomic mass is 35.5. The number of hydrogen-bond acceptors (Lipinski definition) is 8. The summed E-state index contributed by atoms with van der Waals surface area (Å²) >= 11 is 16.8. The fraction of sp³-hybridized carbons (Fsp3) is 1.00. The highest BCUT2D eigenvalue weighted by Crippen LogP contribution is 2.18. The Hall–Kier alpha value is 2.26. The van der Waals surface area contributed by atoms with Crippen LogP contribution in [-0.4, -0.2) is 49.3 Å². The average Bonchev–Trinajstić information content (AvgIpc) is 2.55. The number of alkyl halides is 1. The normalized spacial score (nSPS) is 7.52. The fourth-order valence-corrected chi connectivity index (χ4v) is 2.34. The minimum absolute atomic E-state index is 0.722. The monoisotopic (exact) mass is 449 g/mol. The fourth-order valence-electron chi connectivity index (χ4n) is 0.470. The van der Waals surface area contributed by atoms with E-state index in [2.05, 4.69) is 64.5 Å². The Morgan fingerprint density at radius 2 is 1.38 bits per heavy atom. The van der Waals surface area contributed by atoms with Crippen molar-refractivity contribution in [3.8, 4) is 0 Å². The van der Waals surface area contributed by atoms with Crippen LogP contribution in [0.15, 0.2) is 0 Å². The van der Waals surface area contributed by atoms with Crippen molar-refractivity contribution in [3.63, 3.8) is 0 Å². The largest absolute Gasteiger partial charge is 0.330 e. The van der Waals surface area contributed by atoms with Gasteiger partial charge < -0.3 is 16.8 Å². The molecule has 5 N–H and O–H groups in total. The van der Waals surface area contributed by atoms with Crippen LogP contribution in [0.25, 0.3) is 0 Å². The summed E-state index contributed by atoms with van der Waals surface area (Å²) in [6.07, 6.45) is 0. The lowest BCUT2D eigenvalue weighted by Gasteiger charge is -1.93. The minimum Gasteiger partial charge on any atom is -0.330 e. The van der Waals surface area contributed by atoms with Crippen molar-refractivity contribution in [2.45, 2.75) is 13.8 Å². The van der Waals surface area contributed by atoms with Crippen molar-refractivity contribution in [1.82, 2.24) is 5.32 Å². The first-order valence-electron chi connectivity index (χ1n) is 6.17. The zero-order valence-electron chi connectivity index (χ0n) is 12.8. The molecule has 0 aromatic rings. The summed E-state index contributed by atoms with van der Waals surface area (Å²) in [6.45, 7) is 7.59. The summed E-state index contributed by atoms with van der Waals surface area (Å²) in [5, 5.41) is 3.12. The van der Waals surface area contributed by atoms with Crippen molar-refractivity contribution in [1.29, 1.82) is 0 Å². The molecular weight excluding hydrogens is 420 g/mol. The number of thiol groups is 1. The first kappa shape index (κ1) is 34.6. The number of halogens is 1. The summed E-state index contributed by atoms with van der Waals surface area (Å²) in [6, 6.07) is 0. The van der Waals surface area contributed by atoms with E-state index in [9.17, 15) is 0 Å². The van der Waals surface area contributed by atoms with Gasteiger partial charge in [0.2, 0.25) is 0 Å². The Kier molecular flexibility index (Phi) is 94.2. The molecule has 0 aliphatic carbocycles. The van der Waals surface area contributed by atoms with Crippen LogP contribution in [0.1, 0.15) is 13.8 Å². The molecule has 21 heavy (non-hydrogen) atoms. The van der Waals surface area contributed by atoms with Crippen LogP contribution in [0.2, 0.25) is 0 Å². The van der Waals surface area contributed by atoms with Crippen LogP contribution in [0.4, 0.5) is 0 Å². The van der Waals surface area contributed by atoms with E-state index in [4.69, 9.17) is 23.1 Å². The summed E-state index contributed by atoms with van der Waals surface area (Å²) < 4.78 is 0. The summed E-state index contributed by atoms with van der Waals surface area (Å²) in [5.41, 5.74) is 10.5. The predicted molar refractivity (Wildman–Crippen MR) is 123 cm³/mol. The highest BCUT2D eigenvalue weighted by molar-refractivity contribution is 8.76. The Bertz CT molecular complexity index is 125. The van der Waals surface area contributed by atoms with E-state index >= 15 is 0 Å². The maximum absolute atomic E-state index is 5.25. The zero-order valence-corrected chi connectivity index (χ0v) is 19.7. The van der Waals surface area contributed by atoms with Crippen LogP contribution in [0.3, 0.4) is 0 Å². The van der Waals surface area contributed by atoms with Crippen LogP contribution >= 0.6 is 61.8 Å². The molecule has 0 radical (unpaired) electrons. The Morgan fingerprint density at radius 3 is 1.52 bits per heavy atom. The van der Waals surface area contributed by atoms with E-state index in [0.29, 0.717) is 0 Å². The molecule has 0 spiro atoms. The van der Waals surface area contributed by atoms with Gasteiger partial charge in [0, 0.05) is 42.8 Å². The molecule has 0 fully saturated rings. The van der Waals surface area contributed by atoms with Crippen molar-refractivity contribution in [2.24, 2.45) is 11.5 Å². The molecule has 132 valence electrons. The SMILES string of the molecule is CCCl.CCNCCS.NCCSSCCN.P=S.P=S. The molecule has 0 aliphatic heterocycles. The second-order valence-electron chi connectivity index (χ2n) is 2.57. The van der Waals surface area contributed by atoms with Gasteiger partial charge in [-0.1, -0.05) is 59.0 Å². The second kappa shape index (κ2) is 57.2. The molecule has 0 atom stereocenters. The van der Waals surface area contributed by atoms with E-state index in [-0.39, 0.29) is 0 Å². The Morgan fingerprint density at radius 1 is 1.05 bits per heavy atom. The average molecular weight is 450 g/mol. The lowest BCUT2D eigenvalue weighted by atomic mass is 10.7. The third kappa shape index (κ3) is 86.8.